The molecular formula is C15H18N2. The second kappa shape index (κ2) is 4.74. The van der Waals surface area contributed by atoms with Gasteiger partial charge in [0.05, 0.1) is 0 Å². The summed E-state index contributed by atoms with van der Waals surface area (Å²) in [5.74, 6) is 0. The quantitative estimate of drug-likeness (QED) is 0.837. The van der Waals surface area contributed by atoms with Gasteiger partial charge in [0.15, 0.2) is 0 Å². The number of anilines is 1. The summed E-state index contributed by atoms with van der Waals surface area (Å²) in [5.41, 5.74) is 1.26. The first-order valence-corrected chi connectivity index (χ1v) is 6.53. The number of fused-ring (bicyclic) bond motifs is 1. The summed E-state index contributed by atoms with van der Waals surface area (Å²) >= 11 is 0. The molecule has 1 saturated carbocycles. The molecule has 0 radical (unpaired) electrons. The predicted octanol–water partition coefficient (Wildman–Crippen LogP) is 3.98. The van der Waals surface area contributed by atoms with Crippen LogP contribution in [-0.2, 0) is 0 Å². The molecule has 0 aliphatic heterocycles. The highest BCUT2D eigenvalue weighted by Crippen LogP contribution is 2.26. The average Bonchev–Trinajstić information content (AvgIpc) is 2.40. The van der Waals surface area contributed by atoms with E-state index >= 15 is 0 Å². The van der Waals surface area contributed by atoms with Crippen LogP contribution in [-0.4, -0.2) is 11.0 Å². The van der Waals surface area contributed by atoms with Gasteiger partial charge in [0.25, 0.3) is 0 Å². The lowest BCUT2D eigenvalue weighted by Gasteiger charge is -2.24. The lowest BCUT2D eigenvalue weighted by atomic mass is 9.95. The van der Waals surface area contributed by atoms with E-state index in [-0.39, 0.29) is 0 Å². The van der Waals surface area contributed by atoms with Crippen LogP contribution in [0.3, 0.4) is 0 Å². The van der Waals surface area contributed by atoms with E-state index < -0.39 is 0 Å². The average molecular weight is 226 g/mol. The number of hydrogen-bond donors (Lipinski definition) is 1. The van der Waals surface area contributed by atoms with Crippen LogP contribution in [0.15, 0.2) is 36.7 Å². The summed E-state index contributed by atoms with van der Waals surface area (Å²) < 4.78 is 0. The predicted molar refractivity (Wildman–Crippen MR) is 72.2 cm³/mol. The molecule has 2 nitrogen and oxygen atoms in total. The van der Waals surface area contributed by atoms with E-state index in [0.29, 0.717) is 6.04 Å². The standard InChI is InChI=1S/C15H18N2/c1-2-6-13(7-3-1)17-15-8-4-5-12-11-16-10-9-14(12)15/h4-5,8-11,13,17H,1-3,6-7H2. The first-order chi connectivity index (χ1) is 8.43. The normalized spacial score (nSPS) is 17.2. The fourth-order valence-electron chi connectivity index (χ4n) is 2.72. The Kier molecular flexibility index (Phi) is 2.95. The molecule has 1 N–H and O–H groups in total. The van der Waals surface area contributed by atoms with Gasteiger partial charge >= 0.3 is 0 Å². The highest BCUT2D eigenvalue weighted by Gasteiger charge is 2.13. The number of pyridine rings is 1. The van der Waals surface area contributed by atoms with Crippen molar-refractivity contribution in [3.63, 3.8) is 0 Å². The maximum Gasteiger partial charge on any atom is 0.0423 e. The van der Waals surface area contributed by atoms with E-state index in [9.17, 15) is 0 Å². The molecule has 0 saturated heterocycles. The van der Waals surface area contributed by atoms with Crippen molar-refractivity contribution >= 4 is 16.5 Å². The van der Waals surface area contributed by atoms with Gasteiger partial charge in [-0.15, -0.1) is 0 Å². The van der Waals surface area contributed by atoms with Crippen LogP contribution >= 0.6 is 0 Å². The SMILES string of the molecule is c1cc(NC2CCCCC2)c2ccncc2c1. The number of rotatable bonds is 2. The van der Waals surface area contributed by atoms with E-state index in [1.165, 1.54) is 48.6 Å². The Morgan fingerprint density at radius 1 is 1.06 bits per heavy atom. The Morgan fingerprint density at radius 3 is 2.82 bits per heavy atom. The minimum Gasteiger partial charge on any atom is -0.382 e. The minimum atomic E-state index is 0.655. The number of nitrogens with one attached hydrogen (secondary N) is 1. The van der Waals surface area contributed by atoms with Gasteiger partial charge in [-0.3, -0.25) is 4.98 Å². The van der Waals surface area contributed by atoms with E-state index in [0.717, 1.165) is 0 Å². The molecule has 88 valence electrons. The summed E-state index contributed by atoms with van der Waals surface area (Å²) in [6.07, 6.45) is 10.5. The zero-order valence-corrected chi connectivity index (χ0v) is 10.0. The fraction of sp³-hybridized carbons (Fsp3) is 0.400. The molecule has 0 amide bonds. The van der Waals surface area contributed by atoms with Gasteiger partial charge in [-0.2, -0.15) is 0 Å². The third-order valence-corrected chi connectivity index (χ3v) is 3.65. The van der Waals surface area contributed by atoms with Gasteiger partial charge in [-0.25, -0.2) is 0 Å². The second-order valence-corrected chi connectivity index (χ2v) is 4.88. The Labute approximate surface area is 102 Å². The molecule has 3 rings (SSSR count). The molecular weight excluding hydrogens is 208 g/mol. The van der Waals surface area contributed by atoms with Gasteiger partial charge in [-0.1, -0.05) is 31.4 Å². The molecule has 2 heteroatoms. The smallest absolute Gasteiger partial charge is 0.0423 e. The van der Waals surface area contributed by atoms with Crippen LogP contribution in [0.25, 0.3) is 10.8 Å². The van der Waals surface area contributed by atoms with Crippen LogP contribution in [0.5, 0.6) is 0 Å². The van der Waals surface area contributed by atoms with Gasteiger partial charge < -0.3 is 5.32 Å². The van der Waals surface area contributed by atoms with E-state index in [2.05, 4.69) is 34.6 Å². The van der Waals surface area contributed by atoms with Crippen molar-refractivity contribution in [1.29, 1.82) is 0 Å². The van der Waals surface area contributed by atoms with E-state index in [1.807, 2.05) is 12.4 Å². The van der Waals surface area contributed by atoms with E-state index in [1.54, 1.807) is 0 Å². The van der Waals surface area contributed by atoms with Gasteiger partial charge in [0.2, 0.25) is 0 Å². The van der Waals surface area contributed by atoms with Crippen LogP contribution < -0.4 is 5.32 Å². The number of benzene rings is 1. The Bertz CT molecular complexity index is 496. The highest BCUT2D eigenvalue weighted by molar-refractivity contribution is 5.93. The number of nitrogens with zero attached hydrogens (tertiary/aromatic N) is 1. The molecule has 1 aromatic heterocycles. The largest absolute Gasteiger partial charge is 0.382 e. The van der Waals surface area contributed by atoms with Gasteiger partial charge in [-0.05, 0) is 25.0 Å². The topological polar surface area (TPSA) is 24.9 Å². The summed E-state index contributed by atoms with van der Waals surface area (Å²) in [6.45, 7) is 0. The molecule has 1 fully saturated rings. The molecule has 0 unspecified atom stereocenters. The summed E-state index contributed by atoms with van der Waals surface area (Å²) in [4.78, 5) is 4.17. The maximum absolute atomic E-state index is 4.17. The van der Waals surface area contributed by atoms with Crippen LogP contribution in [0, 0.1) is 0 Å². The Hall–Kier alpha value is -1.57. The van der Waals surface area contributed by atoms with Crippen molar-refractivity contribution in [3.8, 4) is 0 Å². The fourth-order valence-corrected chi connectivity index (χ4v) is 2.72. The van der Waals surface area contributed by atoms with Crippen molar-refractivity contribution in [2.75, 3.05) is 5.32 Å². The zero-order chi connectivity index (χ0) is 11.5. The zero-order valence-electron chi connectivity index (χ0n) is 10.0. The van der Waals surface area contributed by atoms with Crippen LogP contribution in [0.4, 0.5) is 5.69 Å². The first-order valence-electron chi connectivity index (χ1n) is 6.53. The molecule has 17 heavy (non-hydrogen) atoms. The van der Waals surface area contributed by atoms with Crippen LogP contribution in [0.2, 0.25) is 0 Å². The van der Waals surface area contributed by atoms with Crippen molar-refractivity contribution in [2.45, 2.75) is 38.1 Å². The first kappa shape index (κ1) is 10.6. The molecule has 1 heterocycles. The highest BCUT2D eigenvalue weighted by atomic mass is 14.9. The minimum absolute atomic E-state index is 0.655. The van der Waals surface area contributed by atoms with Gasteiger partial charge in [0.1, 0.15) is 0 Å². The van der Waals surface area contributed by atoms with Crippen molar-refractivity contribution in [1.82, 2.24) is 4.98 Å². The molecule has 0 atom stereocenters. The molecule has 1 aromatic carbocycles. The second-order valence-electron chi connectivity index (χ2n) is 4.88. The van der Waals surface area contributed by atoms with Gasteiger partial charge in [0, 0.05) is 34.9 Å². The Morgan fingerprint density at radius 2 is 1.94 bits per heavy atom. The van der Waals surface area contributed by atoms with Crippen molar-refractivity contribution < 1.29 is 0 Å². The summed E-state index contributed by atoms with van der Waals surface area (Å²) in [5, 5.41) is 6.20. The van der Waals surface area contributed by atoms with Crippen LogP contribution in [0.1, 0.15) is 32.1 Å². The summed E-state index contributed by atoms with van der Waals surface area (Å²) in [7, 11) is 0. The van der Waals surface area contributed by atoms with E-state index in [4.69, 9.17) is 0 Å². The number of aromatic nitrogens is 1. The monoisotopic (exact) mass is 226 g/mol. The third kappa shape index (κ3) is 2.26. The number of hydrogen-bond acceptors (Lipinski definition) is 2. The maximum atomic E-state index is 4.17. The molecule has 2 aromatic rings. The molecule has 1 aliphatic carbocycles. The molecule has 1 aliphatic rings. The lowest BCUT2D eigenvalue weighted by molar-refractivity contribution is 0.463. The summed E-state index contributed by atoms with van der Waals surface area (Å²) in [6, 6.07) is 9.16. The Balaban J connectivity index is 1.89. The third-order valence-electron chi connectivity index (χ3n) is 3.65. The lowest BCUT2D eigenvalue weighted by Crippen LogP contribution is -2.22. The molecule has 0 bridgehead atoms. The molecule has 0 spiro atoms. The van der Waals surface area contributed by atoms with Crippen molar-refractivity contribution in [2.24, 2.45) is 0 Å². The van der Waals surface area contributed by atoms with Crippen molar-refractivity contribution in [3.05, 3.63) is 36.7 Å².